The molecule has 0 spiro atoms. The molecule has 3 aromatic rings. The molecule has 0 aliphatic rings. The molecule has 0 fully saturated rings. The Labute approximate surface area is 168 Å². The Kier molecular flexibility index (Phi) is 5.29. The van der Waals surface area contributed by atoms with E-state index in [0.717, 1.165) is 28.2 Å². The number of alkyl halides is 3. The van der Waals surface area contributed by atoms with E-state index in [4.69, 9.17) is 11.6 Å². The van der Waals surface area contributed by atoms with Crippen molar-refractivity contribution in [3.63, 3.8) is 0 Å². The van der Waals surface area contributed by atoms with Crippen LogP contribution in [0, 0.1) is 21.4 Å². The summed E-state index contributed by atoms with van der Waals surface area (Å²) >= 11 is 6.90. The molecule has 8 nitrogen and oxygen atoms in total. The van der Waals surface area contributed by atoms with E-state index in [0.29, 0.717) is 4.70 Å². The largest absolute Gasteiger partial charge is 0.416 e. The first-order valence-corrected chi connectivity index (χ1v) is 9.10. The van der Waals surface area contributed by atoms with Gasteiger partial charge >= 0.3 is 17.6 Å². The van der Waals surface area contributed by atoms with Crippen LogP contribution in [0.2, 0.25) is 5.02 Å². The lowest BCUT2D eigenvalue weighted by atomic mass is 10.0. The second-order valence-electron chi connectivity index (χ2n) is 5.72. The highest BCUT2D eigenvalue weighted by Crippen LogP contribution is 2.39. The zero-order chi connectivity index (χ0) is 21.5. The molecule has 0 amide bonds. The Bertz CT molecular complexity index is 1230. The maximum Gasteiger partial charge on any atom is 0.416 e. The van der Waals surface area contributed by atoms with Crippen molar-refractivity contribution in [2.75, 3.05) is 0 Å². The van der Waals surface area contributed by atoms with Gasteiger partial charge in [0.2, 0.25) is 0 Å². The Balaban J connectivity index is 2.23. The van der Waals surface area contributed by atoms with Crippen molar-refractivity contribution in [2.24, 2.45) is 0 Å². The molecule has 29 heavy (non-hydrogen) atoms. The molecule has 0 N–H and O–H groups in total. The molecule has 0 saturated carbocycles. The summed E-state index contributed by atoms with van der Waals surface area (Å²) in [7, 11) is 0. The summed E-state index contributed by atoms with van der Waals surface area (Å²) in [5.41, 5.74) is -2.22. The number of rotatable bonds is 4. The molecule has 0 aliphatic heterocycles. The maximum atomic E-state index is 12.9. The monoisotopic (exact) mass is 443 g/mol. The molecular weight excluding hydrogens is 435 g/mol. The molecule has 0 bridgehead atoms. The van der Waals surface area contributed by atoms with Crippen LogP contribution in [0.3, 0.4) is 0 Å². The summed E-state index contributed by atoms with van der Waals surface area (Å²) in [5, 5.41) is 24.1. The number of aryl methyl sites for hydroxylation is 1. The van der Waals surface area contributed by atoms with Gasteiger partial charge in [-0.05, 0) is 30.0 Å². The van der Waals surface area contributed by atoms with E-state index in [1.165, 1.54) is 13.0 Å². The van der Waals surface area contributed by atoms with Gasteiger partial charge in [0, 0.05) is 0 Å². The molecule has 0 radical (unpaired) electrons. The van der Waals surface area contributed by atoms with Crippen LogP contribution in [0.25, 0.3) is 10.2 Å². The van der Waals surface area contributed by atoms with Gasteiger partial charge in [-0.1, -0.05) is 11.6 Å². The average molecular weight is 444 g/mol. The van der Waals surface area contributed by atoms with Crippen LogP contribution in [0.15, 0.2) is 23.0 Å². The zero-order valence-electron chi connectivity index (χ0n) is 14.4. The first-order valence-electron chi connectivity index (χ1n) is 7.90. The van der Waals surface area contributed by atoms with Crippen LogP contribution in [0.1, 0.15) is 29.0 Å². The third kappa shape index (κ3) is 3.66. The minimum Gasteiger partial charge on any atom is -0.358 e. The van der Waals surface area contributed by atoms with Crippen molar-refractivity contribution in [3.05, 3.63) is 59.8 Å². The number of halogens is 4. The van der Waals surface area contributed by atoms with E-state index in [1.54, 1.807) is 6.07 Å². The highest BCUT2D eigenvalue weighted by atomic mass is 35.5. The number of fused-ring (bicyclic) bond motifs is 1. The van der Waals surface area contributed by atoms with Crippen LogP contribution in [-0.4, -0.2) is 19.7 Å². The first-order chi connectivity index (χ1) is 13.6. The summed E-state index contributed by atoms with van der Waals surface area (Å²) in [6.07, 6.45) is -4.58. The van der Waals surface area contributed by atoms with Gasteiger partial charge in [0.1, 0.15) is 21.5 Å². The van der Waals surface area contributed by atoms with Gasteiger partial charge in [0.25, 0.3) is 0 Å². The molecule has 2 heterocycles. The maximum absolute atomic E-state index is 12.9. The van der Waals surface area contributed by atoms with Gasteiger partial charge in [-0.15, -0.1) is 16.0 Å². The number of nitrogens with zero attached hydrogens (tertiary/aromatic N) is 5. The van der Waals surface area contributed by atoms with Gasteiger partial charge in [-0.25, -0.2) is 4.98 Å². The average Bonchev–Trinajstić information content (AvgIpc) is 3.07. The van der Waals surface area contributed by atoms with E-state index in [1.807, 2.05) is 0 Å². The fraction of sp³-hybridized carbons (Fsp3) is 0.250. The van der Waals surface area contributed by atoms with E-state index >= 15 is 0 Å². The van der Waals surface area contributed by atoms with E-state index < -0.39 is 44.5 Å². The number of aromatic nitrogens is 3. The van der Waals surface area contributed by atoms with Crippen LogP contribution in [-0.2, 0) is 12.7 Å². The topological polar surface area (TPSA) is 115 Å². The Morgan fingerprint density at radius 2 is 2.14 bits per heavy atom. The Hall–Kier alpha value is -3.04. The fourth-order valence-electron chi connectivity index (χ4n) is 2.63. The molecule has 1 atom stereocenters. The summed E-state index contributed by atoms with van der Waals surface area (Å²) in [4.78, 5) is 26.9. The first kappa shape index (κ1) is 20.7. The summed E-state index contributed by atoms with van der Waals surface area (Å²) in [6.45, 7) is 1.54. The van der Waals surface area contributed by atoms with Crippen LogP contribution in [0.5, 0.6) is 0 Å². The molecule has 3 rings (SSSR count). The van der Waals surface area contributed by atoms with E-state index in [2.05, 4.69) is 10.1 Å². The highest BCUT2D eigenvalue weighted by molar-refractivity contribution is 7.18. The predicted octanol–water partition coefficient (Wildman–Crippen LogP) is 4.11. The van der Waals surface area contributed by atoms with Crippen LogP contribution in [0.4, 0.5) is 19.0 Å². The SMILES string of the molecule is CCn1nc([N+](=O)[O-])c([C@H](C#N)c2nc3cc(C(F)(F)F)ccc3s2)c(Cl)c1=O. The molecule has 150 valence electrons. The summed E-state index contributed by atoms with van der Waals surface area (Å²) < 4.78 is 39.8. The summed E-state index contributed by atoms with van der Waals surface area (Å²) in [5.74, 6) is -2.25. The van der Waals surface area contributed by atoms with Gasteiger partial charge in [-0.2, -0.15) is 18.4 Å². The number of hydrogen-bond donors (Lipinski definition) is 0. The van der Waals surface area contributed by atoms with Crippen molar-refractivity contribution in [1.82, 2.24) is 14.8 Å². The Morgan fingerprint density at radius 1 is 1.45 bits per heavy atom. The van der Waals surface area contributed by atoms with Gasteiger partial charge in [-0.3, -0.25) is 4.79 Å². The smallest absolute Gasteiger partial charge is 0.358 e. The van der Waals surface area contributed by atoms with Crippen molar-refractivity contribution < 1.29 is 18.1 Å². The second kappa shape index (κ2) is 7.41. The van der Waals surface area contributed by atoms with Crippen LogP contribution >= 0.6 is 22.9 Å². The van der Waals surface area contributed by atoms with Crippen molar-refractivity contribution in [1.29, 1.82) is 5.26 Å². The van der Waals surface area contributed by atoms with Gasteiger partial charge in [0.05, 0.1) is 33.5 Å². The van der Waals surface area contributed by atoms with Gasteiger partial charge in [0.15, 0.2) is 0 Å². The molecule has 13 heteroatoms. The van der Waals surface area contributed by atoms with Crippen molar-refractivity contribution in [3.8, 4) is 6.07 Å². The Morgan fingerprint density at radius 3 is 2.69 bits per heavy atom. The minimum absolute atomic E-state index is 0.0122. The molecule has 0 saturated heterocycles. The zero-order valence-corrected chi connectivity index (χ0v) is 16.0. The number of hydrogen-bond acceptors (Lipinski definition) is 7. The number of thiazole rings is 1. The third-order valence-corrected chi connectivity index (χ3v) is 5.45. The predicted molar refractivity (Wildman–Crippen MR) is 97.9 cm³/mol. The standard InChI is InChI=1S/C16H9ClF3N5O3S/c1-2-24-15(26)12(17)11(13(23-24)25(27)28)8(6-21)14-22-9-5-7(16(18,19)20)3-4-10(9)29-14/h3-5,8H,2H2,1H3/t8-/m0/s1. The quantitative estimate of drug-likeness (QED) is 0.442. The third-order valence-electron chi connectivity index (χ3n) is 3.98. The fourth-order valence-corrected chi connectivity index (χ4v) is 3.93. The number of benzene rings is 1. The second-order valence-corrected chi connectivity index (χ2v) is 7.16. The molecule has 0 unspecified atom stereocenters. The van der Waals surface area contributed by atoms with Gasteiger partial charge < -0.3 is 10.1 Å². The molecular formula is C16H9ClF3N5O3S. The summed E-state index contributed by atoms with van der Waals surface area (Å²) in [6, 6.07) is 4.66. The van der Waals surface area contributed by atoms with E-state index in [9.17, 15) is 33.3 Å². The number of nitriles is 1. The van der Waals surface area contributed by atoms with E-state index in [-0.39, 0.29) is 17.1 Å². The molecule has 2 aromatic heterocycles. The van der Waals surface area contributed by atoms with Crippen molar-refractivity contribution >= 4 is 39.0 Å². The minimum atomic E-state index is -4.58. The van der Waals surface area contributed by atoms with Crippen molar-refractivity contribution in [2.45, 2.75) is 25.6 Å². The number of nitro groups is 1. The molecule has 0 aliphatic carbocycles. The molecule has 1 aromatic carbocycles. The lowest BCUT2D eigenvalue weighted by molar-refractivity contribution is -0.391. The van der Waals surface area contributed by atoms with Crippen LogP contribution < -0.4 is 5.56 Å². The normalized spacial score (nSPS) is 12.7. The lowest BCUT2D eigenvalue weighted by Crippen LogP contribution is -2.26. The highest BCUT2D eigenvalue weighted by Gasteiger charge is 2.35. The lowest BCUT2D eigenvalue weighted by Gasteiger charge is -2.09.